The van der Waals surface area contributed by atoms with Crippen molar-refractivity contribution < 1.29 is 27.8 Å². The van der Waals surface area contributed by atoms with E-state index in [0.717, 1.165) is 42.8 Å². The molecule has 0 atom stereocenters. The Hall–Kier alpha value is -3.99. The molecule has 0 saturated heterocycles. The van der Waals surface area contributed by atoms with Crippen LogP contribution in [-0.4, -0.2) is 35.1 Å². The van der Waals surface area contributed by atoms with Gasteiger partial charge in [-0.05, 0) is 98.9 Å². The number of nitrogens with two attached hydrogens (primary N) is 1. The first kappa shape index (κ1) is 38.5. The fourth-order valence-corrected chi connectivity index (χ4v) is 5.83. The van der Waals surface area contributed by atoms with E-state index >= 15 is 0 Å². The van der Waals surface area contributed by atoms with E-state index in [-0.39, 0.29) is 53.0 Å². The molecule has 0 unspecified atom stereocenters. The van der Waals surface area contributed by atoms with Crippen LogP contribution in [0.1, 0.15) is 77.1 Å². The van der Waals surface area contributed by atoms with Crippen LogP contribution in [-0.2, 0) is 35.2 Å². The van der Waals surface area contributed by atoms with Crippen molar-refractivity contribution >= 4 is 63.9 Å². The number of nitrogen functional groups attached to an aromatic ring is 1. The molecule has 48 heavy (non-hydrogen) atoms. The van der Waals surface area contributed by atoms with Gasteiger partial charge in [0.2, 0.25) is 0 Å². The highest BCUT2D eigenvalue weighted by Crippen LogP contribution is 2.32. The van der Waals surface area contributed by atoms with E-state index < -0.39 is 23.6 Å². The minimum atomic E-state index is -0.806. The molecule has 8 nitrogen and oxygen atoms in total. The van der Waals surface area contributed by atoms with Gasteiger partial charge in [0.15, 0.2) is 22.6 Å². The van der Waals surface area contributed by atoms with Crippen LogP contribution >= 0.6 is 34.8 Å². The molecule has 0 saturated carbocycles. The van der Waals surface area contributed by atoms with E-state index in [1.54, 1.807) is 13.8 Å². The number of hydrogen-bond acceptors (Lipinski definition) is 8. The van der Waals surface area contributed by atoms with Crippen LogP contribution in [0.2, 0.25) is 15.5 Å². The summed E-state index contributed by atoms with van der Waals surface area (Å²) in [5.41, 5.74) is 12.7. The standard InChI is InChI=1S/C17H16ClFN2O2.C9H11N.C8H6Cl2FNO2.CH4/c1-2-23-17(22)12-9-13(19)16(21-15(12)18)20-14-8-4-6-10-5-3-7-11(10)14;10-9-6-2-4-7-3-1-5-8(7)9;1-2-14-8(13)4-3-5(11)7(10)12-6(4)9;/h4,6,8-9H,2-3,5,7H2,1H3,(H,20,21);2,4,6H,1,3,5,10H2;3H,2H2,1H3;1H4. The molecule has 2 aliphatic carbocycles. The second-order valence-corrected chi connectivity index (χ2v) is 11.5. The largest absolute Gasteiger partial charge is 0.462 e. The maximum atomic E-state index is 14.3. The van der Waals surface area contributed by atoms with E-state index in [9.17, 15) is 18.4 Å². The van der Waals surface area contributed by atoms with Crippen molar-refractivity contribution in [3.05, 3.63) is 109 Å². The van der Waals surface area contributed by atoms with Gasteiger partial charge in [-0.25, -0.2) is 28.3 Å². The molecule has 6 rings (SSSR count). The summed E-state index contributed by atoms with van der Waals surface area (Å²) in [6.07, 6.45) is 6.76. The van der Waals surface area contributed by atoms with Crippen LogP contribution in [0.15, 0.2) is 48.5 Å². The molecular formula is C35H37Cl3F2N4O4. The van der Waals surface area contributed by atoms with Gasteiger partial charge in [0.1, 0.15) is 15.9 Å². The van der Waals surface area contributed by atoms with Gasteiger partial charge in [-0.15, -0.1) is 0 Å². The van der Waals surface area contributed by atoms with Gasteiger partial charge < -0.3 is 20.5 Å². The molecule has 4 aromatic rings. The van der Waals surface area contributed by atoms with Crippen LogP contribution in [0, 0.1) is 11.6 Å². The Bertz CT molecular complexity index is 1770. The number of benzene rings is 2. The zero-order valence-electron chi connectivity index (χ0n) is 25.8. The van der Waals surface area contributed by atoms with Crippen molar-refractivity contribution in [3.63, 3.8) is 0 Å². The summed E-state index contributed by atoms with van der Waals surface area (Å²) < 4.78 is 36.6. The van der Waals surface area contributed by atoms with Gasteiger partial charge >= 0.3 is 11.9 Å². The molecule has 256 valence electrons. The van der Waals surface area contributed by atoms with Crippen LogP contribution in [0.5, 0.6) is 0 Å². The van der Waals surface area contributed by atoms with E-state index in [4.69, 9.17) is 45.3 Å². The Kier molecular flexibility index (Phi) is 14.4. The predicted molar refractivity (Wildman–Crippen MR) is 187 cm³/mol. The lowest BCUT2D eigenvalue weighted by molar-refractivity contribution is 0.0516. The van der Waals surface area contributed by atoms with Crippen LogP contribution in [0.4, 0.5) is 26.0 Å². The smallest absolute Gasteiger partial charge is 0.341 e. The summed E-state index contributed by atoms with van der Waals surface area (Å²) in [6.45, 7) is 3.67. The Balaban J connectivity index is 0.000000213. The lowest BCUT2D eigenvalue weighted by Crippen LogP contribution is -2.09. The number of fused-ring (bicyclic) bond motifs is 2. The second kappa shape index (κ2) is 18.0. The molecule has 2 aromatic carbocycles. The molecule has 0 aliphatic heterocycles. The molecule has 3 N–H and O–H groups in total. The number of aromatic nitrogens is 2. The van der Waals surface area contributed by atoms with Crippen molar-refractivity contribution in [2.45, 2.75) is 59.8 Å². The summed E-state index contributed by atoms with van der Waals surface area (Å²) >= 11 is 16.9. The van der Waals surface area contributed by atoms with Crippen LogP contribution in [0.3, 0.4) is 0 Å². The molecule has 0 amide bonds. The number of aryl methyl sites for hydroxylation is 2. The summed E-state index contributed by atoms with van der Waals surface area (Å²) in [5, 5.41) is 2.36. The van der Waals surface area contributed by atoms with Crippen LogP contribution in [0.25, 0.3) is 0 Å². The van der Waals surface area contributed by atoms with Crippen molar-refractivity contribution in [2.24, 2.45) is 0 Å². The number of nitrogens with zero attached hydrogens (tertiary/aromatic N) is 2. The third-order valence-electron chi connectivity index (χ3n) is 7.39. The zero-order valence-corrected chi connectivity index (χ0v) is 28.0. The minimum Gasteiger partial charge on any atom is -0.462 e. The first-order chi connectivity index (χ1) is 22.5. The number of carbonyl (C=O) groups is 2. The first-order valence-electron chi connectivity index (χ1n) is 15.0. The maximum absolute atomic E-state index is 14.3. The van der Waals surface area contributed by atoms with Gasteiger partial charge in [-0.2, -0.15) is 0 Å². The van der Waals surface area contributed by atoms with E-state index in [2.05, 4.69) is 32.2 Å². The highest BCUT2D eigenvalue weighted by molar-refractivity contribution is 6.34. The quantitative estimate of drug-likeness (QED) is 0.115. The monoisotopic (exact) mass is 720 g/mol. The Morgan fingerprint density at radius 2 is 1.29 bits per heavy atom. The summed E-state index contributed by atoms with van der Waals surface area (Å²) in [6, 6.07) is 14.1. The molecule has 0 bridgehead atoms. The fourth-order valence-electron chi connectivity index (χ4n) is 5.22. The summed E-state index contributed by atoms with van der Waals surface area (Å²) in [7, 11) is 0. The van der Waals surface area contributed by atoms with Gasteiger partial charge in [0.25, 0.3) is 0 Å². The van der Waals surface area contributed by atoms with E-state index in [0.29, 0.717) is 0 Å². The van der Waals surface area contributed by atoms with E-state index in [1.807, 2.05) is 24.3 Å². The van der Waals surface area contributed by atoms with Crippen molar-refractivity contribution in [1.29, 1.82) is 0 Å². The number of rotatable bonds is 6. The van der Waals surface area contributed by atoms with Gasteiger partial charge in [0, 0.05) is 11.4 Å². The topological polar surface area (TPSA) is 116 Å². The Labute approximate surface area is 293 Å². The van der Waals surface area contributed by atoms with Crippen molar-refractivity contribution in [3.8, 4) is 0 Å². The predicted octanol–water partition coefficient (Wildman–Crippen LogP) is 9.38. The lowest BCUT2D eigenvalue weighted by atomic mass is 10.1. The normalized spacial score (nSPS) is 12.2. The molecule has 2 aromatic heterocycles. The molecule has 13 heteroatoms. The third kappa shape index (κ3) is 9.55. The third-order valence-corrected chi connectivity index (χ3v) is 8.23. The highest BCUT2D eigenvalue weighted by Gasteiger charge is 2.20. The number of ether oxygens (including phenoxy) is 2. The highest BCUT2D eigenvalue weighted by atomic mass is 35.5. The fraction of sp³-hybridized carbons (Fsp3) is 0.314. The van der Waals surface area contributed by atoms with Crippen LogP contribution < -0.4 is 11.1 Å². The Morgan fingerprint density at radius 1 is 0.771 bits per heavy atom. The second-order valence-electron chi connectivity index (χ2n) is 10.5. The first-order valence-corrected chi connectivity index (χ1v) is 16.1. The van der Waals surface area contributed by atoms with Crippen molar-refractivity contribution in [2.75, 3.05) is 24.3 Å². The number of nitrogens with one attached hydrogen (secondary N) is 1. The lowest BCUT2D eigenvalue weighted by Gasteiger charge is -2.12. The number of esters is 2. The SMILES string of the molecule is C.CCOC(=O)c1cc(F)c(Cl)nc1Cl.CCOC(=O)c1cc(F)c(Nc2cccc3c2CCC3)nc1Cl.Nc1cccc2c1CCC2. The maximum Gasteiger partial charge on any atom is 0.341 e. The van der Waals surface area contributed by atoms with Gasteiger partial charge in [-0.3, -0.25) is 0 Å². The molecule has 2 aliphatic rings. The Morgan fingerprint density at radius 3 is 1.88 bits per heavy atom. The molecular weight excluding hydrogens is 685 g/mol. The number of carbonyl (C=O) groups excluding carboxylic acids is 2. The van der Waals surface area contributed by atoms with Gasteiger partial charge in [0.05, 0.1) is 18.8 Å². The number of halogens is 5. The minimum absolute atomic E-state index is 0. The number of anilines is 3. The molecule has 0 radical (unpaired) electrons. The number of hydrogen-bond donors (Lipinski definition) is 2. The van der Waals surface area contributed by atoms with Gasteiger partial charge in [-0.1, -0.05) is 66.5 Å². The summed E-state index contributed by atoms with van der Waals surface area (Å²) in [4.78, 5) is 30.3. The molecule has 0 fully saturated rings. The number of pyridine rings is 2. The molecule has 0 spiro atoms. The average molecular weight is 722 g/mol. The average Bonchev–Trinajstić information content (AvgIpc) is 3.73. The summed E-state index contributed by atoms with van der Waals surface area (Å²) in [5.74, 6) is -2.85. The van der Waals surface area contributed by atoms with E-state index in [1.165, 1.54) is 41.5 Å². The zero-order chi connectivity index (χ0) is 34.1. The van der Waals surface area contributed by atoms with Crippen molar-refractivity contribution in [1.82, 2.24) is 9.97 Å². The molecule has 2 heterocycles.